The molecule has 1 aliphatic heterocycles. The van der Waals surface area contributed by atoms with Gasteiger partial charge in [-0.2, -0.15) is 0 Å². The van der Waals surface area contributed by atoms with Gasteiger partial charge in [-0.25, -0.2) is 0 Å². The summed E-state index contributed by atoms with van der Waals surface area (Å²) in [6.45, 7) is 3.26. The number of carbonyl (C=O) groups excluding carboxylic acids is 1. The van der Waals surface area contributed by atoms with Crippen LogP contribution in [0.15, 0.2) is 30.3 Å². The minimum atomic E-state index is -0.0551. The molecule has 1 heterocycles. The van der Waals surface area contributed by atoms with Gasteiger partial charge >= 0.3 is 0 Å². The van der Waals surface area contributed by atoms with E-state index in [1.165, 1.54) is 0 Å². The Morgan fingerprint density at radius 2 is 2.18 bits per heavy atom. The fourth-order valence-corrected chi connectivity index (χ4v) is 2.27. The summed E-state index contributed by atoms with van der Waals surface area (Å²) in [7, 11) is 0. The lowest BCUT2D eigenvalue weighted by Gasteiger charge is -2.39. The molecule has 0 aromatic heterocycles. The Kier molecular flexibility index (Phi) is 3.76. The fourth-order valence-electron chi connectivity index (χ4n) is 2.27. The Labute approximate surface area is 101 Å². The smallest absolute Gasteiger partial charge is 0.236 e. The van der Waals surface area contributed by atoms with Crippen molar-refractivity contribution in [2.75, 3.05) is 19.7 Å². The molecule has 1 amide bonds. The number of hydrogen-bond donors (Lipinski definition) is 1. The zero-order valence-corrected chi connectivity index (χ0v) is 10.0. The molecule has 0 saturated carbocycles. The predicted octanol–water partition coefficient (Wildman–Crippen LogP) is 0.934. The van der Waals surface area contributed by atoms with Crippen LogP contribution in [0, 0.1) is 0 Å². The Hall–Kier alpha value is -1.39. The topological polar surface area (TPSA) is 55.6 Å². The van der Waals surface area contributed by atoms with Crippen LogP contribution in [-0.4, -0.2) is 36.5 Å². The van der Waals surface area contributed by atoms with Gasteiger partial charge in [0.2, 0.25) is 5.91 Å². The van der Waals surface area contributed by atoms with Gasteiger partial charge in [-0.3, -0.25) is 4.79 Å². The first-order valence-electron chi connectivity index (χ1n) is 5.90. The quantitative estimate of drug-likeness (QED) is 0.828. The SMILES string of the molecule is CC1C(c2ccccc2)OCCN1C(=O)CN. The van der Waals surface area contributed by atoms with E-state index >= 15 is 0 Å². The van der Waals surface area contributed by atoms with Crippen molar-refractivity contribution in [3.63, 3.8) is 0 Å². The Bertz CT molecular complexity index is 380. The van der Waals surface area contributed by atoms with Crippen LogP contribution in [0.4, 0.5) is 0 Å². The summed E-state index contributed by atoms with van der Waals surface area (Å²) in [5, 5.41) is 0. The van der Waals surface area contributed by atoms with Crippen LogP contribution < -0.4 is 5.73 Å². The molecule has 1 aromatic carbocycles. The van der Waals surface area contributed by atoms with Crippen molar-refractivity contribution in [1.82, 2.24) is 4.90 Å². The lowest BCUT2D eigenvalue weighted by molar-refractivity contribution is -0.144. The first-order chi connectivity index (χ1) is 8.24. The number of amides is 1. The highest BCUT2D eigenvalue weighted by Gasteiger charge is 2.32. The highest BCUT2D eigenvalue weighted by molar-refractivity contribution is 5.78. The van der Waals surface area contributed by atoms with Crippen LogP contribution in [-0.2, 0) is 9.53 Å². The second kappa shape index (κ2) is 5.29. The van der Waals surface area contributed by atoms with E-state index in [0.29, 0.717) is 13.2 Å². The normalized spacial score (nSPS) is 24.7. The van der Waals surface area contributed by atoms with Crippen LogP contribution in [0.1, 0.15) is 18.6 Å². The maximum absolute atomic E-state index is 11.7. The van der Waals surface area contributed by atoms with Crippen molar-refractivity contribution in [2.45, 2.75) is 19.1 Å². The second-order valence-corrected chi connectivity index (χ2v) is 4.23. The van der Waals surface area contributed by atoms with Gasteiger partial charge in [0, 0.05) is 6.54 Å². The summed E-state index contributed by atoms with van der Waals surface area (Å²) < 4.78 is 5.77. The molecule has 1 aromatic rings. The van der Waals surface area contributed by atoms with E-state index in [2.05, 4.69) is 0 Å². The van der Waals surface area contributed by atoms with Crippen molar-refractivity contribution in [2.24, 2.45) is 5.73 Å². The molecule has 0 spiro atoms. The van der Waals surface area contributed by atoms with E-state index in [1.807, 2.05) is 37.3 Å². The largest absolute Gasteiger partial charge is 0.370 e. The molecule has 92 valence electrons. The monoisotopic (exact) mass is 234 g/mol. The van der Waals surface area contributed by atoms with Gasteiger partial charge in [0.1, 0.15) is 6.10 Å². The Balaban J connectivity index is 2.17. The number of morpholine rings is 1. The first-order valence-corrected chi connectivity index (χ1v) is 5.90. The van der Waals surface area contributed by atoms with Crippen molar-refractivity contribution in [3.8, 4) is 0 Å². The molecule has 4 heteroatoms. The zero-order valence-electron chi connectivity index (χ0n) is 10.0. The summed E-state index contributed by atoms with van der Waals surface area (Å²) >= 11 is 0. The van der Waals surface area contributed by atoms with Crippen molar-refractivity contribution in [3.05, 3.63) is 35.9 Å². The molecule has 0 aliphatic carbocycles. The lowest BCUT2D eigenvalue weighted by Crippen LogP contribution is -2.50. The molecule has 0 radical (unpaired) electrons. The maximum Gasteiger partial charge on any atom is 0.236 e. The summed E-state index contributed by atoms with van der Waals surface area (Å²) in [4.78, 5) is 13.5. The molecule has 17 heavy (non-hydrogen) atoms. The lowest BCUT2D eigenvalue weighted by atomic mass is 10.0. The molecule has 1 saturated heterocycles. The fraction of sp³-hybridized carbons (Fsp3) is 0.462. The summed E-state index contributed by atoms with van der Waals surface area (Å²) in [6, 6.07) is 10.0. The molecule has 0 bridgehead atoms. The highest BCUT2D eigenvalue weighted by Crippen LogP contribution is 2.27. The third kappa shape index (κ3) is 2.48. The second-order valence-electron chi connectivity index (χ2n) is 4.23. The number of rotatable bonds is 2. The molecule has 2 unspecified atom stereocenters. The Morgan fingerprint density at radius 3 is 2.82 bits per heavy atom. The number of ether oxygens (including phenoxy) is 1. The van der Waals surface area contributed by atoms with Gasteiger partial charge in [-0.05, 0) is 12.5 Å². The van der Waals surface area contributed by atoms with Crippen LogP contribution >= 0.6 is 0 Å². The van der Waals surface area contributed by atoms with Gasteiger partial charge in [-0.15, -0.1) is 0 Å². The standard InChI is InChI=1S/C13H18N2O2/c1-10-13(11-5-3-2-4-6-11)17-8-7-15(10)12(16)9-14/h2-6,10,13H,7-9,14H2,1H3. The molecule has 1 fully saturated rings. The molecule has 1 aliphatic rings. The van der Waals surface area contributed by atoms with Gasteiger partial charge in [0.05, 0.1) is 19.2 Å². The van der Waals surface area contributed by atoms with Crippen LogP contribution in [0.2, 0.25) is 0 Å². The van der Waals surface area contributed by atoms with Crippen molar-refractivity contribution in [1.29, 1.82) is 0 Å². The molecular weight excluding hydrogens is 216 g/mol. The van der Waals surface area contributed by atoms with E-state index < -0.39 is 0 Å². The zero-order chi connectivity index (χ0) is 12.3. The Morgan fingerprint density at radius 1 is 1.47 bits per heavy atom. The average Bonchev–Trinajstić information content (AvgIpc) is 2.39. The van der Waals surface area contributed by atoms with Crippen LogP contribution in [0.3, 0.4) is 0 Å². The predicted molar refractivity (Wildman–Crippen MR) is 65.4 cm³/mol. The van der Waals surface area contributed by atoms with E-state index in [0.717, 1.165) is 5.56 Å². The maximum atomic E-state index is 11.7. The molecule has 4 nitrogen and oxygen atoms in total. The van der Waals surface area contributed by atoms with E-state index in [1.54, 1.807) is 4.90 Å². The minimum absolute atomic E-state index is 0.0123. The third-order valence-electron chi connectivity index (χ3n) is 3.18. The van der Waals surface area contributed by atoms with Crippen molar-refractivity contribution < 1.29 is 9.53 Å². The van der Waals surface area contributed by atoms with E-state index in [4.69, 9.17) is 10.5 Å². The number of carbonyl (C=O) groups is 1. The van der Waals surface area contributed by atoms with Gasteiger partial charge in [0.25, 0.3) is 0 Å². The molecule has 2 atom stereocenters. The third-order valence-corrected chi connectivity index (χ3v) is 3.18. The molecule has 2 N–H and O–H groups in total. The minimum Gasteiger partial charge on any atom is -0.370 e. The number of hydrogen-bond acceptors (Lipinski definition) is 3. The molecular formula is C13H18N2O2. The highest BCUT2D eigenvalue weighted by atomic mass is 16.5. The summed E-state index contributed by atoms with van der Waals surface area (Å²) in [6.07, 6.45) is -0.0551. The number of nitrogens with two attached hydrogens (primary N) is 1. The van der Waals surface area contributed by atoms with E-state index in [9.17, 15) is 4.79 Å². The summed E-state index contributed by atoms with van der Waals surface area (Å²) in [5.41, 5.74) is 6.52. The van der Waals surface area contributed by atoms with Crippen LogP contribution in [0.5, 0.6) is 0 Å². The van der Waals surface area contributed by atoms with Crippen LogP contribution in [0.25, 0.3) is 0 Å². The van der Waals surface area contributed by atoms with Crippen molar-refractivity contribution >= 4 is 5.91 Å². The van der Waals surface area contributed by atoms with E-state index in [-0.39, 0.29) is 24.6 Å². The molecule has 2 rings (SSSR count). The van der Waals surface area contributed by atoms with Gasteiger partial charge < -0.3 is 15.4 Å². The number of benzene rings is 1. The number of nitrogens with zero attached hydrogens (tertiary/aromatic N) is 1. The average molecular weight is 234 g/mol. The first kappa shape index (κ1) is 12.1. The summed E-state index contributed by atoms with van der Waals surface area (Å²) in [5.74, 6) is -0.0123. The van der Waals surface area contributed by atoms with Gasteiger partial charge in [0.15, 0.2) is 0 Å². The van der Waals surface area contributed by atoms with Gasteiger partial charge in [-0.1, -0.05) is 30.3 Å².